The SMILES string of the molecule is Fc1cc(Br)cc(F)c1-c1[c]cccc1C(F)(F)F. The molecule has 0 heterocycles. The van der Waals surface area contributed by atoms with Crippen molar-refractivity contribution in [2.45, 2.75) is 6.18 Å². The van der Waals surface area contributed by atoms with Gasteiger partial charge in [0.25, 0.3) is 0 Å². The maximum atomic E-state index is 13.7. The maximum absolute atomic E-state index is 13.7. The predicted molar refractivity (Wildman–Crippen MR) is 63.3 cm³/mol. The van der Waals surface area contributed by atoms with Crippen LogP contribution in [0.1, 0.15) is 5.56 Å². The van der Waals surface area contributed by atoms with E-state index in [0.717, 1.165) is 24.3 Å². The third-order valence-corrected chi connectivity index (χ3v) is 2.88. The van der Waals surface area contributed by atoms with Crippen LogP contribution < -0.4 is 0 Å². The average Bonchev–Trinajstić information content (AvgIpc) is 2.26. The van der Waals surface area contributed by atoms with Gasteiger partial charge in [-0.15, -0.1) is 0 Å². The van der Waals surface area contributed by atoms with Crippen LogP contribution in [0.3, 0.4) is 0 Å². The second-order valence-electron chi connectivity index (χ2n) is 3.70. The van der Waals surface area contributed by atoms with E-state index >= 15 is 0 Å². The van der Waals surface area contributed by atoms with Crippen LogP contribution in [0.25, 0.3) is 11.1 Å². The summed E-state index contributed by atoms with van der Waals surface area (Å²) < 4.78 is 65.9. The van der Waals surface area contributed by atoms with Gasteiger partial charge in [0.15, 0.2) is 0 Å². The molecule has 0 atom stereocenters. The zero-order valence-corrected chi connectivity index (χ0v) is 10.7. The lowest BCUT2D eigenvalue weighted by Crippen LogP contribution is -2.08. The molecule has 0 unspecified atom stereocenters. The monoisotopic (exact) mass is 335 g/mol. The van der Waals surface area contributed by atoms with Crippen LogP contribution in [-0.2, 0) is 6.18 Å². The van der Waals surface area contributed by atoms with E-state index in [9.17, 15) is 22.0 Å². The molecule has 99 valence electrons. The summed E-state index contributed by atoms with van der Waals surface area (Å²) in [6.07, 6.45) is -4.71. The lowest BCUT2D eigenvalue weighted by Gasteiger charge is -2.13. The minimum absolute atomic E-state index is 0.107. The minimum Gasteiger partial charge on any atom is -0.206 e. The van der Waals surface area contributed by atoms with E-state index in [2.05, 4.69) is 22.0 Å². The van der Waals surface area contributed by atoms with Crippen molar-refractivity contribution >= 4 is 15.9 Å². The van der Waals surface area contributed by atoms with E-state index < -0.39 is 34.5 Å². The molecule has 0 N–H and O–H groups in total. The summed E-state index contributed by atoms with van der Waals surface area (Å²) in [5.41, 5.74) is -2.51. The van der Waals surface area contributed by atoms with Gasteiger partial charge in [0.05, 0.1) is 11.1 Å². The average molecular weight is 336 g/mol. The van der Waals surface area contributed by atoms with Gasteiger partial charge in [0.1, 0.15) is 11.6 Å². The molecular weight excluding hydrogens is 331 g/mol. The van der Waals surface area contributed by atoms with Gasteiger partial charge in [0.2, 0.25) is 0 Å². The van der Waals surface area contributed by atoms with Gasteiger partial charge in [-0.2, -0.15) is 13.2 Å². The van der Waals surface area contributed by atoms with E-state index in [4.69, 9.17) is 0 Å². The fourth-order valence-electron chi connectivity index (χ4n) is 1.66. The highest BCUT2D eigenvalue weighted by Gasteiger charge is 2.34. The summed E-state index contributed by atoms with van der Waals surface area (Å²) in [4.78, 5) is 0. The maximum Gasteiger partial charge on any atom is 0.417 e. The Morgan fingerprint density at radius 3 is 2.16 bits per heavy atom. The molecule has 0 bridgehead atoms. The van der Waals surface area contributed by atoms with Crippen molar-refractivity contribution in [3.8, 4) is 11.1 Å². The molecule has 0 amide bonds. The van der Waals surface area contributed by atoms with Crippen molar-refractivity contribution in [2.75, 3.05) is 0 Å². The van der Waals surface area contributed by atoms with Gasteiger partial charge in [-0.3, -0.25) is 0 Å². The third-order valence-electron chi connectivity index (χ3n) is 2.42. The molecule has 0 nitrogen and oxygen atoms in total. The first kappa shape index (κ1) is 14.0. The lowest BCUT2D eigenvalue weighted by molar-refractivity contribution is -0.137. The van der Waals surface area contributed by atoms with Crippen molar-refractivity contribution in [1.29, 1.82) is 0 Å². The van der Waals surface area contributed by atoms with Crippen LogP contribution in [0.4, 0.5) is 22.0 Å². The van der Waals surface area contributed by atoms with Gasteiger partial charge in [0, 0.05) is 10.0 Å². The van der Waals surface area contributed by atoms with Crippen LogP contribution in [0, 0.1) is 17.7 Å². The molecule has 0 aliphatic rings. The van der Waals surface area contributed by atoms with Gasteiger partial charge in [-0.25, -0.2) is 8.78 Å². The molecule has 2 aromatic carbocycles. The van der Waals surface area contributed by atoms with E-state index in [1.54, 1.807) is 0 Å². The normalized spacial score (nSPS) is 11.7. The van der Waals surface area contributed by atoms with Gasteiger partial charge in [-0.05, 0) is 24.3 Å². The van der Waals surface area contributed by atoms with Gasteiger partial charge < -0.3 is 0 Å². The van der Waals surface area contributed by atoms with Crippen molar-refractivity contribution in [3.05, 3.63) is 58.1 Å². The standard InChI is InChI=1S/C13H5BrF5/c14-7-5-10(15)12(11(16)6-7)8-3-1-2-4-9(8)13(17,18)19/h1-2,4-6H. The Bertz CT molecular complexity index is 596. The number of alkyl halides is 3. The van der Waals surface area contributed by atoms with E-state index in [1.165, 1.54) is 6.07 Å². The Hall–Kier alpha value is -1.43. The molecule has 0 aliphatic carbocycles. The first-order valence-corrected chi connectivity index (χ1v) is 5.83. The molecule has 6 heteroatoms. The Balaban J connectivity index is 2.74. The summed E-state index contributed by atoms with van der Waals surface area (Å²) in [6.45, 7) is 0. The molecule has 0 saturated carbocycles. The Morgan fingerprint density at radius 2 is 1.63 bits per heavy atom. The summed E-state index contributed by atoms with van der Waals surface area (Å²) in [5.74, 6) is -2.17. The highest BCUT2D eigenvalue weighted by Crippen LogP contribution is 2.39. The van der Waals surface area contributed by atoms with Crippen LogP contribution in [0.5, 0.6) is 0 Å². The van der Waals surface area contributed by atoms with E-state index in [-0.39, 0.29) is 4.47 Å². The molecule has 1 radical (unpaired) electrons. The molecule has 2 aromatic rings. The molecule has 0 aliphatic heterocycles. The topological polar surface area (TPSA) is 0 Å². The van der Waals surface area contributed by atoms with E-state index in [1.807, 2.05) is 0 Å². The number of hydrogen-bond donors (Lipinski definition) is 0. The number of rotatable bonds is 1. The van der Waals surface area contributed by atoms with Crippen LogP contribution in [0.15, 0.2) is 34.8 Å². The van der Waals surface area contributed by atoms with Gasteiger partial charge in [-0.1, -0.05) is 28.1 Å². The molecule has 0 saturated heterocycles. The highest BCUT2D eigenvalue weighted by molar-refractivity contribution is 9.10. The first-order valence-electron chi connectivity index (χ1n) is 5.03. The number of hydrogen-bond acceptors (Lipinski definition) is 0. The van der Waals surface area contributed by atoms with Crippen molar-refractivity contribution in [3.63, 3.8) is 0 Å². The zero-order chi connectivity index (χ0) is 14.2. The molecule has 2 rings (SSSR count). The molecule has 0 aromatic heterocycles. The first-order chi connectivity index (χ1) is 8.80. The van der Waals surface area contributed by atoms with Crippen molar-refractivity contribution in [2.24, 2.45) is 0 Å². The summed E-state index contributed by atoms with van der Waals surface area (Å²) >= 11 is 2.87. The molecule has 0 fully saturated rings. The van der Waals surface area contributed by atoms with Crippen molar-refractivity contribution < 1.29 is 22.0 Å². The number of benzene rings is 2. The fourth-order valence-corrected chi connectivity index (χ4v) is 2.06. The van der Waals surface area contributed by atoms with Crippen LogP contribution in [0.2, 0.25) is 0 Å². The fraction of sp³-hybridized carbons (Fsp3) is 0.0769. The van der Waals surface area contributed by atoms with E-state index in [0.29, 0.717) is 0 Å². The predicted octanol–water partition coefficient (Wildman–Crippen LogP) is 5.21. The van der Waals surface area contributed by atoms with Crippen LogP contribution >= 0.6 is 15.9 Å². The Labute approximate surface area is 114 Å². The Morgan fingerprint density at radius 1 is 1.05 bits per heavy atom. The summed E-state index contributed by atoms with van der Waals surface area (Å²) in [7, 11) is 0. The van der Waals surface area contributed by atoms with Gasteiger partial charge >= 0.3 is 6.18 Å². The number of halogens is 6. The largest absolute Gasteiger partial charge is 0.417 e. The zero-order valence-electron chi connectivity index (χ0n) is 9.15. The van der Waals surface area contributed by atoms with Crippen LogP contribution in [-0.4, -0.2) is 0 Å². The third kappa shape index (κ3) is 2.78. The minimum atomic E-state index is -4.71. The molecule has 0 spiro atoms. The quantitative estimate of drug-likeness (QED) is 0.627. The van der Waals surface area contributed by atoms with Crippen molar-refractivity contribution in [1.82, 2.24) is 0 Å². The summed E-state index contributed by atoms with van der Waals surface area (Å²) in [6, 6.07) is 7.09. The summed E-state index contributed by atoms with van der Waals surface area (Å²) in [5, 5.41) is 0. The lowest BCUT2D eigenvalue weighted by atomic mass is 9.98. The molecule has 19 heavy (non-hydrogen) atoms. The molecular formula is C13H5BrF5. The smallest absolute Gasteiger partial charge is 0.206 e. The Kier molecular flexibility index (Phi) is 3.62. The second kappa shape index (κ2) is 4.92. The highest BCUT2D eigenvalue weighted by atomic mass is 79.9. The second-order valence-corrected chi connectivity index (χ2v) is 4.62.